The fourth-order valence-electron chi connectivity index (χ4n) is 2.99. The summed E-state index contributed by atoms with van der Waals surface area (Å²) in [6, 6.07) is 14.2. The van der Waals surface area contributed by atoms with Crippen LogP contribution in [0.15, 0.2) is 52.9 Å². The van der Waals surface area contributed by atoms with E-state index in [9.17, 15) is 4.79 Å². The van der Waals surface area contributed by atoms with Gasteiger partial charge in [0.15, 0.2) is 11.5 Å². The zero-order valence-corrected chi connectivity index (χ0v) is 17.6. The Kier molecular flexibility index (Phi) is 5.59. The van der Waals surface area contributed by atoms with E-state index in [-0.39, 0.29) is 18.1 Å². The number of anilines is 2. The molecule has 0 fully saturated rings. The highest BCUT2D eigenvalue weighted by atomic mass is 35.5. The number of amides is 1. The molecule has 0 saturated carbocycles. The van der Waals surface area contributed by atoms with Gasteiger partial charge in [-0.15, -0.1) is 5.10 Å². The van der Waals surface area contributed by atoms with E-state index in [2.05, 4.69) is 20.6 Å². The number of nitrogens with one attached hydrogen (secondary N) is 1. The molecule has 4 rings (SSSR count). The summed E-state index contributed by atoms with van der Waals surface area (Å²) in [6.07, 6.45) is 0. The van der Waals surface area contributed by atoms with Gasteiger partial charge in [0, 0.05) is 10.6 Å². The Morgan fingerprint density at radius 1 is 1.26 bits per heavy atom. The third-order valence-corrected chi connectivity index (χ3v) is 4.84. The van der Waals surface area contributed by atoms with Gasteiger partial charge in [-0.1, -0.05) is 35.0 Å². The molecule has 0 atom stereocenters. The van der Waals surface area contributed by atoms with E-state index >= 15 is 0 Å². The lowest BCUT2D eigenvalue weighted by Gasteiger charge is -2.08. The minimum atomic E-state index is -0.496. The Morgan fingerprint density at radius 3 is 2.84 bits per heavy atom. The van der Waals surface area contributed by atoms with Crippen LogP contribution in [0.25, 0.3) is 11.5 Å². The highest BCUT2D eigenvalue weighted by Crippen LogP contribution is 2.26. The molecule has 2 aromatic heterocycles. The normalized spacial score (nSPS) is 10.8. The second kappa shape index (κ2) is 8.49. The van der Waals surface area contributed by atoms with Crippen molar-refractivity contribution in [3.05, 3.63) is 70.7 Å². The summed E-state index contributed by atoms with van der Waals surface area (Å²) >= 11 is 6.05. The summed E-state index contributed by atoms with van der Waals surface area (Å²) in [5, 5.41) is 11.2. The van der Waals surface area contributed by atoms with Crippen molar-refractivity contribution >= 4 is 29.0 Å². The number of hydrogen-bond donors (Lipinski definition) is 2. The van der Waals surface area contributed by atoms with Crippen molar-refractivity contribution in [2.45, 2.75) is 13.5 Å². The van der Waals surface area contributed by atoms with Gasteiger partial charge in [0.25, 0.3) is 5.91 Å². The Balaban J connectivity index is 1.54. The molecule has 0 bridgehead atoms. The second-order valence-corrected chi connectivity index (χ2v) is 7.10. The first kappa shape index (κ1) is 20.4. The highest BCUT2D eigenvalue weighted by molar-refractivity contribution is 6.30. The van der Waals surface area contributed by atoms with Crippen LogP contribution in [-0.4, -0.2) is 33.0 Å². The first-order chi connectivity index (χ1) is 15.0. The molecule has 0 unspecified atom stereocenters. The summed E-state index contributed by atoms with van der Waals surface area (Å²) in [5.74, 6) is 1.17. The first-order valence-electron chi connectivity index (χ1n) is 9.32. The third kappa shape index (κ3) is 4.22. The lowest BCUT2D eigenvalue weighted by atomic mass is 10.2. The van der Waals surface area contributed by atoms with Crippen LogP contribution in [0.5, 0.6) is 5.75 Å². The number of nitrogens with zero attached hydrogens (tertiary/aromatic N) is 4. The van der Waals surface area contributed by atoms with Gasteiger partial charge in [-0.3, -0.25) is 4.79 Å². The number of aryl methyl sites for hydroxylation is 1. The van der Waals surface area contributed by atoms with Crippen LogP contribution in [-0.2, 0) is 6.54 Å². The molecule has 9 nitrogen and oxygen atoms in total. The van der Waals surface area contributed by atoms with Crippen molar-refractivity contribution in [3.8, 4) is 17.2 Å². The maximum atomic E-state index is 12.6. The Bertz CT molecular complexity index is 1250. The van der Waals surface area contributed by atoms with Gasteiger partial charge >= 0.3 is 0 Å². The molecule has 0 aliphatic heterocycles. The molecule has 0 aliphatic carbocycles. The molecule has 0 radical (unpaired) electrons. The zero-order valence-electron chi connectivity index (χ0n) is 16.8. The van der Waals surface area contributed by atoms with Gasteiger partial charge in [-0.05, 0) is 37.3 Å². The van der Waals surface area contributed by atoms with Crippen LogP contribution in [0, 0.1) is 6.92 Å². The summed E-state index contributed by atoms with van der Waals surface area (Å²) in [5.41, 5.74) is 8.01. The van der Waals surface area contributed by atoms with Crippen molar-refractivity contribution in [2.24, 2.45) is 0 Å². The maximum Gasteiger partial charge on any atom is 0.280 e. The number of aromatic nitrogens is 4. The van der Waals surface area contributed by atoms with E-state index in [4.69, 9.17) is 26.5 Å². The topological polar surface area (TPSA) is 121 Å². The molecular formula is C21H19ClN6O3. The molecule has 10 heteroatoms. The van der Waals surface area contributed by atoms with Crippen LogP contribution in [0.1, 0.15) is 21.9 Å². The van der Waals surface area contributed by atoms with Crippen LogP contribution in [0.3, 0.4) is 0 Å². The monoisotopic (exact) mass is 438 g/mol. The molecule has 1 amide bonds. The van der Waals surface area contributed by atoms with E-state index in [0.29, 0.717) is 33.8 Å². The van der Waals surface area contributed by atoms with E-state index in [1.807, 2.05) is 12.1 Å². The van der Waals surface area contributed by atoms with E-state index in [1.54, 1.807) is 43.3 Å². The van der Waals surface area contributed by atoms with Crippen molar-refractivity contribution in [3.63, 3.8) is 0 Å². The molecule has 3 N–H and O–H groups in total. The molecule has 4 aromatic rings. The van der Waals surface area contributed by atoms with Crippen molar-refractivity contribution < 1.29 is 13.9 Å². The molecule has 158 valence electrons. The maximum absolute atomic E-state index is 12.6. The predicted molar refractivity (Wildman–Crippen MR) is 116 cm³/mol. The molecular weight excluding hydrogens is 420 g/mol. The van der Waals surface area contributed by atoms with Crippen molar-refractivity contribution in [1.82, 2.24) is 20.0 Å². The number of halogens is 1. The van der Waals surface area contributed by atoms with Crippen LogP contribution >= 0.6 is 11.6 Å². The standard InChI is InChI=1S/C21H19ClN6O3/c1-12-16(25-21(31-12)13-6-5-7-14(22)10-13)11-28-19(23)18(26-27-28)20(29)24-15-8-3-4-9-17(15)30-2/h3-10H,11,23H2,1-2H3,(H,24,29). The lowest BCUT2D eigenvalue weighted by molar-refractivity contribution is 0.102. The Morgan fingerprint density at radius 2 is 2.06 bits per heavy atom. The van der Waals surface area contributed by atoms with E-state index < -0.39 is 5.91 Å². The number of carbonyl (C=O) groups excluding carboxylic acids is 1. The molecule has 2 heterocycles. The van der Waals surface area contributed by atoms with Gasteiger partial charge in [0.2, 0.25) is 5.89 Å². The number of rotatable bonds is 6. The average molecular weight is 439 g/mol. The molecule has 2 aromatic carbocycles. The minimum absolute atomic E-state index is 0.00196. The van der Waals surface area contributed by atoms with Crippen LogP contribution < -0.4 is 15.8 Å². The smallest absolute Gasteiger partial charge is 0.280 e. The quantitative estimate of drug-likeness (QED) is 0.469. The second-order valence-electron chi connectivity index (χ2n) is 6.67. The number of para-hydroxylation sites is 2. The fourth-order valence-corrected chi connectivity index (χ4v) is 3.18. The summed E-state index contributed by atoms with van der Waals surface area (Å²) in [4.78, 5) is 17.2. The Hall–Kier alpha value is -3.85. The summed E-state index contributed by atoms with van der Waals surface area (Å²) in [7, 11) is 1.52. The van der Waals surface area contributed by atoms with Crippen molar-refractivity contribution in [1.29, 1.82) is 0 Å². The minimum Gasteiger partial charge on any atom is -0.495 e. The number of carbonyl (C=O) groups is 1. The SMILES string of the molecule is COc1ccccc1NC(=O)c1nnn(Cc2nc(-c3cccc(Cl)c3)oc2C)c1N. The van der Waals surface area contributed by atoms with Crippen LogP contribution in [0.4, 0.5) is 11.5 Å². The van der Waals surface area contributed by atoms with Gasteiger partial charge in [-0.2, -0.15) is 0 Å². The molecule has 31 heavy (non-hydrogen) atoms. The van der Waals surface area contributed by atoms with Gasteiger partial charge in [-0.25, -0.2) is 9.67 Å². The third-order valence-electron chi connectivity index (χ3n) is 4.61. The number of ether oxygens (including phenoxy) is 1. The number of nitrogen functional groups attached to an aromatic ring is 1. The van der Waals surface area contributed by atoms with Crippen molar-refractivity contribution in [2.75, 3.05) is 18.2 Å². The fraction of sp³-hybridized carbons (Fsp3) is 0.143. The van der Waals surface area contributed by atoms with Gasteiger partial charge in [0.1, 0.15) is 17.2 Å². The highest BCUT2D eigenvalue weighted by Gasteiger charge is 2.21. The predicted octanol–water partition coefficient (Wildman–Crippen LogP) is 3.79. The number of nitrogens with two attached hydrogens (primary N) is 1. The zero-order chi connectivity index (χ0) is 22.0. The van der Waals surface area contributed by atoms with E-state index in [0.717, 1.165) is 5.56 Å². The first-order valence-corrected chi connectivity index (χ1v) is 9.69. The number of oxazole rings is 1. The molecule has 0 spiro atoms. The number of benzene rings is 2. The van der Waals surface area contributed by atoms with Gasteiger partial charge < -0.3 is 20.2 Å². The Labute approximate surface area is 182 Å². The number of methoxy groups -OCH3 is 1. The largest absolute Gasteiger partial charge is 0.495 e. The summed E-state index contributed by atoms with van der Waals surface area (Å²) in [6.45, 7) is 1.98. The summed E-state index contributed by atoms with van der Waals surface area (Å²) < 4.78 is 12.4. The number of hydrogen-bond acceptors (Lipinski definition) is 7. The molecule has 0 saturated heterocycles. The van der Waals surface area contributed by atoms with Gasteiger partial charge in [0.05, 0.1) is 19.3 Å². The average Bonchev–Trinajstić information content (AvgIpc) is 3.31. The lowest BCUT2D eigenvalue weighted by Crippen LogP contribution is -2.16. The molecule has 0 aliphatic rings. The van der Waals surface area contributed by atoms with Crippen LogP contribution in [0.2, 0.25) is 5.02 Å². The van der Waals surface area contributed by atoms with E-state index in [1.165, 1.54) is 11.8 Å².